The van der Waals surface area contributed by atoms with Crippen LogP contribution in [0.5, 0.6) is 0 Å². The van der Waals surface area contributed by atoms with Gasteiger partial charge in [0.05, 0.1) is 6.04 Å². The van der Waals surface area contributed by atoms with E-state index in [-0.39, 0.29) is 6.04 Å². The van der Waals surface area contributed by atoms with E-state index in [9.17, 15) is 0 Å². The van der Waals surface area contributed by atoms with Gasteiger partial charge in [0.25, 0.3) is 0 Å². The lowest BCUT2D eigenvalue weighted by Gasteiger charge is -2.14. The molecule has 0 heterocycles. The van der Waals surface area contributed by atoms with E-state index in [1.807, 2.05) is 0 Å². The Morgan fingerprint density at radius 1 is 1.31 bits per heavy atom. The smallest absolute Gasteiger partial charge is 0.0597 e. The summed E-state index contributed by atoms with van der Waals surface area (Å²) < 4.78 is 0. The van der Waals surface area contributed by atoms with Gasteiger partial charge in [-0.05, 0) is 31.2 Å². The van der Waals surface area contributed by atoms with Crippen LogP contribution in [0.25, 0.3) is 0 Å². The first-order valence-corrected chi connectivity index (χ1v) is 4.77. The van der Waals surface area contributed by atoms with Crippen molar-refractivity contribution in [3.05, 3.63) is 35.4 Å². The van der Waals surface area contributed by atoms with E-state index in [2.05, 4.69) is 36.7 Å². The Morgan fingerprint density at radius 3 is 2.38 bits per heavy atom. The van der Waals surface area contributed by atoms with E-state index in [1.165, 1.54) is 24.0 Å². The summed E-state index contributed by atoms with van der Waals surface area (Å²) in [6, 6.07) is 8.48. The van der Waals surface area contributed by atoms with Crippen molar-refractivity contribution in [2.24, 2.45) is 5.92 Å². The van der Waals surface area contributed by atoms with Gasteiger partial charge in [-0.2, -0.15) is 5.48 Å². The van der Waals surface area contributed by atoms with E-state index < -0.39 is 0 Å². The monoisotopic (exact) mass is 177 g/mol. The van der Waals surface area contributed by atoms with Gasteiger partial charge in [-0.1, -0.05) is 29.8 Å². The van der Waals surface area contributed by atoms with Crippen LogP contribution < -0.4 is 5.48 Å². The van der Waals surface area contributed by atoms with E-state index in [0.717, 1.165) is 0 Å². The second kappa shape index (κ2) is 3.48. The predicted molar refractivity (Wildman–Crippen MR) is 51.6 cm³/mol. The lowest BCUT2D eigenvalue weighted by molar-refractivity contribution is 0.116. The molecule has 0 bridgehead atoms. The Hall–Kier alpha value is -0.860. The van der Waals surface area contributed by atoms with E-state index >= 15 is 0 Å². The van der Waals surface area contributed by atoms with Gasteiger partial charge < -0.3 is 5.21 Å². The summed E-state index contributed by atoms with van der Waals surface area (Å²) in [5.41, 5.74) is 4.85. The SMILES string of the molecule is Cc1ccc(C(NO)C2CC2)cc1. The van der Waals surface area contributed by atoms with Crippen molar-refractivity contribution in [2.45, 2.75) is 25.8 Å². The van der Waals surface area contributed by atoms with Crippen LogP contribution in [0.15, 0.2) is 24.3 Å². The second-order valence-electron chi connectivity index (χ2n) is 3.85. The van der Waals surface area contributed by atoms with Crippen LogP contribution in [-0.2, 0) is 0 Å². The third kappa shape index (κ3) is 1.90. The van der Waals surface area contributed by atoms with Gasteiger partial charge in [-0.3, -0.25) is 0 Å². The number of hydrogen-bond donors (Lipinski definition) is 2. The molecule has 1 aromatic rings. The molecular weight excluding hydrogens is 162 g/mol. The molecule has 2 rings (SSSR count). The Morgan fingerprint density at radius 2 is 1.92 bits per heavy atom. The fourth-order valence-electron chi connectivity index (χ4n) is 1.66. The predicted octanol–water partition coefficient (Wildman–Crippen LogP) is 2.42. The molecule has 1 unspecified atom stereocenters. The largest absolute Gasteiger partial charge is 0.316 e. The molecule has 0 radical (unpaired) electrons. The third-order valence-corrected chi connectivity index (χ3v) is 2.67. The maximum absolute atomic E-state index is 9.01. The quantitative estimate of drug-likeness (QED) is 0.695. The number of rotatable bonds is 3. The molecule has 2 heteroatoms. The van der Waals surface area contributed by atoms with Crippen molar-refractivity contribution >= 4 is 0 Å². The first-order chi connectivity index (χ1) is 6.31. The molecule has 1 aliphatic carbocycles. The standard InChI is InChI=1S/C11H15NO/c1-8-2-4-9(5-3-8)11(12-13)10-6-7-10/h2-5,10-13H,6-7H2,1H3. The summed E-state index contributed by atoms with van der Waals surface area (Å²) >= 11 is 0. The molecule has 1 aliphatic rings. The first-order valence-electron chi connectivity index (χ1n) is 4.77. The molecule has 1 aromatic carbocycles. The molecule has 0 amide bonds. The molecule has 70 valence electrons. The minimum Gasteiger partial charge on any atom is -0.316 e. The normalized spacial score (nSPS) is 18.6. The van der Waals surface area contributed by atoms with Crippen molar-refractivity contribution in [3.8, 4) is 0 Å². The number of benzene rings is 1. The second-order valence-corrected chi connectivity index (χ2v) is 3.85. The molecule has 2 N–H and O–H groups in total. The fraction of sp³-hybridized carbons (Fsp3) is 0.455. The van der Waals surface area contributed by atoms with Crippen LogP contribution >= 0.6 is 0 Å². The van der Waals surface area contributed by atoms with Crippen LogP contribution in [0.4, 0.5) is 0 Å². The average molecular weight is 177 g/mol. The van der Waals surface area contributed by atoms with E-state index in [1.54, 1.807) is 0 Å². The maximum Gasteiger partial charge on any atom is 0.0597 e. The molecule has 1 fully saturated rings. The van der Waals surface area contributed by atoms with Crippen LogP contribution in [0.2, 0.25) is 0 Å². The average Bonchev–Trinajstić information content (AvgIpc) is 2.93. The molecule has 0 aromatic heterocycles. The molecule has 1 saturated carbocycles. The maximum atomic E-state index is 9.01. The van der Waals surface area contributed by atoms with Crippen LogP contribution in [0.3, 0.4) is 0 Å². The third-order valence-electron chi connectivity index (χ3n) is 2.67. The van der Waals surface area contributed by atoms with Crippen molar-refractivity contribution < 1.29 is 5.21 Å². The Bertz CT molecular complexity index is 277. The molecule has 0 aliphatic heterocycles. The zero-order valence-corrected chi connectivity index (χ0v) is 7.83. The summed E-state index contributed by atoms with van der Waals surface area (Å²) in [6.45, 7) is 2.07. The van der Waals surface area contributed by atoms with Crippen LogP contribution in [0, 0.1) is 12.8 Å². The molecule has 0 saturated heterocycles. The zero-order valence-electron chi connectivity index (χ0n) is 7.83. The highest BCUT2D eigenvalue weighted by atomic mass is 16.5. The summed E-state index contributed by atoms with van der Waals surface area (Å²) in [6.07, 6.45) is 2.46. The van der Waals surface area contributed by atoms with Gasteiger partial charge in [0, 0.05) is 0 Å². The Balaban J connectivity index is 2.17. The number of nitrogens with one attached hydrogen (secondary N) is 1. The summed E-state index contributed by atoms with van der Waals surface area (Å²) in [5, 5.41) is 9.01. The lowest BCUT2D eigenvalue weighted by Crippen LogP contribution is -2.18. The summed E-state index contributed by atoms with van der Waals surface area (Å²) in [4.78, 5) is 0. The van der Waals surface area contributed by atoms with Crippen LogP contribution in [0.1, 0.15) is 30.0 Å². The highest BCUT2D eigenvalue weighted by Gasteiger charge is 2.31. The number of hydrogen-bond acceptors (Lipinski definition) is 2. The molecule has 13 heavy (non-hydrogen) atoms. The number of hydroxylamine groups is 1. The highest BCUT2D eigenvalue weighted by molar-refractivity contribution is 5.25. The summed E-state index contributed by atoms with van der Waals surface area (Å²) in [7, 11) is 0. The minimum absolute atomic E-state index is 0.139. The minimum atomic E-state index is 0.139. The summed E-state index contributed by atoms with van der Waals surface area (Å²) in [5.74, 6) is 0.632. The van der Waals surface area contributed by atoms with Crippen molar-refractivity contribution in [2.75, 3.05) is 0 Å². The first kappa shape index (κ1) is 8.73. The topological polar surface area (TPSA) is 32.3 Å². The van der Waals surface area contributed by atoms with Gasteiger partial charge in [-0.25, -0.2) is 0 Å². The Kier molecular flexibility index (Phi) is 2.34. The van der Waals surface area contributed by atoms with Gasteiger partial charge >= 0.3 is 0 Å². The lowest BCUT2D eigenvalue weighted by atomic mass is 10.0. The Labute approximate surface area is 78.5 Å². The molecule has 2 nitrogen and oxygen atoms in total. The highest BCUT2D eigenvalue weighted by Crippen LogP contribution is 2.40. The van der Waals surface area contributed by atoms with Gasteiger partial charge in [0.2, 0.25) is 0 Å². The van der Waals surface area contributed by atoms with Crippen molar-refractivity contribution in [1.29, 1.82) is 0 Å². The molecule has 0 spiro atoms. The van der Waals surface area contributed by atoms with Crippen molar-refractivity contribution in [1.82, 2.24) is 5.48 Å². The fourth-order valence-corrected chi connectivity index (χ4v) is 1.66. The van der Waals surface area contributed by atoms with E-state index in [0.29, 0.717) is 5.92 Å². The van der Waals surface area contributed by atoms with Crippen molar-refractivity contribution in [3.63, 3.8) is 0 Å². The van der Waals surface area contributed by atoms with E-state index in [4.69, 9.17) is 5.21 Å². The van der Waals surface area contributed by atoms with Gasteiger partial charge in [0.15, 0.2) is 0 Å². The van der Waals surface area contributed by atoms with Gasteiger partial charge in [-0.15, -0.1) is 0 Å². The number of aryl methyl sites for hydroxylation is 1. The molecular formula is C11H15NO. The van der Waals surface area contributed by atoms with Gasteiger partial charge in [0.1, 0.15) is 0 Å². The van der Waals surface area contributed by atoms with Crippen LogP contribution in [-0.4, -0.2) is 5.21 Å². The zero-order chi connectivity index (χ0) is 9.26. The molecule has 1 atom stereocenters.